The fraction of sp³-hybridized carbons (Fsp3) is 0.167. The number of thiazole rings is 1. The van der Waals surface area contributed by atoms with Crippen LogP contribution in [0.3, 0.4) is 0 Å². The van der Waals surface area contributed by atoms with Crippen LogP contribution in [0.1, 0.15) is 10.7 Å². The molecule has 0 bridgehead atoms. The van der Waals surface area contributed by atoms with Crippen molar-refractivity contribution in [2.45, 2.75) is 6.92 Å². The van der Waals surface area contributed by atoms with Crippen molar-refractivity contribution in [3.05, 3.63) is 17.3 Å². The highest BCUT2D eigenvalue weighted by Gasteiger charge is 1.98. The second kappa shape index (κ2) is 2.19. The summed E-state index contributed by atoms with van der Waals surface area (Å²) in [6, 6.07) is 0. The van der Waals surface area contributed by atoms with E-state index < -0.39 is 0 Å². The van der Waals surface area contributed by atoms with Crippen molar-refractivity contribution in [1.29, 1.82) is 0 Å². The van der Waals surface area contributed by atoms with Gasteiger partial charge in [-0.15, -0.1) is 11.3 Å². The largest absolute Gasteiger partial charge is 0.389 e. The average molecular weight is 140 g/mol. The third kappa shape index (κ3) is 1.10. The van der Waals surface area contributed by atoms with Gasteiger partial charge in [-0.2, -0.15) is 0 Å². The van der Waals surface area contributed by atoms with Crippen molar-refractivity contribution >= 4 is 22.4 Å². The van der Waals surface area contributed by atoms with Gasteiger partial charge in [-0.05, 0) is 13.0 Å². The van der Waals surface area contributed by atoms with E-state index in [1.165, 1.54) is 11.3 Å². The normalized spacial score (nSPS) is 9.44. The van der Waals surface area contributed by atoms with Gasteiger partial charge in [-0.1, -0.05) is 6.58 Å². The van der Waals surface area contributed by atoms with Crippen LogP contribution >= 0.6 is 11.3 Å². The number of nitrogens with two attached hydrogens (primary N) is 1. The van der Waals surface area contributed by atoms with Crippen LogP contribution in [0, 0.1) is 6.92 Å². The Hall–Kier alpha value is -0.830. The van der Waals surface area contributed by atoms with Crippen LogP contribution in [-0.2, 0) is 0 Å². The molecule has 1 heterocycles. The van der Waals surface area contributed by atoms with Crippen LogP contribution in [0.15, 0.2) is 6.58 Å². The lowest BCUT2D eigenvalue weighted by molar-refractivity contribution is 1.28. The molecule has 0 aliphatic rings. The molecule has 0 saturated heterocycles. The van der Waals surface area contributed by atoms with Gasteiger partial charge >= 0.3 is 0 Å². The first-order valence-corrected chi connectivity index (χ1v) is 3.41. The summed E-state index contributed by atoms with van der Waals surface area (Å²) in [4.78, 5) is 4.10. The van der Waals surface area contributed by atoms with Crippen LogP contribution in [0.4, 0.5) is 5.00 Å². The van der Waals surface area contributed by atoms with E-state index in [2.05, 4.69) is 11.6 Å². The van der Waals surface area contributed by atoms with Crippen molar-refractivity contribution in [1.82, 2.24) is 4.98 Å². The quantitative estimate of drug-likeness (QED) is 0.644. The topological polar surface area (TPSA) is 38.9 Å². The van der Waals surface area contributed by atoms with Gasteiger partial charge in [-0.25, -0.2) is 4.98 Å². The van der Waals surface area contributed by atoms with Crippen molar-refractivity contribution in [2.75, 3.05) is 5.73 Å². The molecule has 0 radical (unpaired) electrons. The molecule has 0 unspecified atom stereocenters. The second-order valence-electron chi connectivity index (χ2n) is 1.69. The summed E-state index contributed by atoms with van der Waals surface area (Å²) >= 11 is 1.49. The number of nitrogen functional groups attached to an aromatic ring is 1. The van der Waals surface area contributed by atoms with Gasteiger partial charge in [0.2, 0.25) is 0 Å². The van der Waals surface area contributed by atoms with Crippen molar-refractivity contribution in [3.63, 3.8) is 0 Å². The maximum atomic E-state index is 5.54. The van der Waals surface area contributed by atoms with Crippen LogP contribution in [-0.4, -0.2) is 4.98 Å². The molecule has 0 amide bonds. The zero-order chi connectivity index (χ0) is 6.85. The van der Waals surface area contributed by atoms with E-state index in [4.69, 9.17) is 5.73 Å². The molecule has 0 atom stereocenters. The van der Waals surface area contributed by atoms with E-state index in [0.29, 0.717) is 0 Å². The first-order chi connectivity index (χ1) is 4.24. The monoisotopic (exact) mass is 140 g/mol. The summed E-state index contributed by atoms with van der Waals surface area (Å²) in [7, 11) is 0. The Labute approximate surface area is 58.0 Å². The predicted molar refractivity (Wildman–Crippen MR) is 41.4 cm³/mol. The molecule has 9 heavy (non-hydrogen) atoms. The van der Waals surface area contributed by atoms with Crippen LogP contribution < -0.4 is 5.73 Å². The smallest absolute Gasteiger partial charge is 0.114 e. The number of nitrogens with zero attached hydrogens (tertiary/aromatic N) is 1. The number of hydrogen-bond donors (Lipinski definition) is 1. The van der Waals surface area contributed by atoms with Gasteiger partial charge in [0.05, 0.1) is 10.7 Å². The zero-order valence-corrected chi connectivity index (χ0v) is 6.03. The molecule has 0 fully saturated rings. The molecule has 1 rings (SSSR count). The minimum Gasteiger partial charge on any atom is -0.389 e. The molecule has 0 aliphatic carbocycles. The fourth-order valence-corrected chi connectivity index (χ4v) is 1.30. The Morgan fingerprint density at radius 2 is 2.44 bits per heavy atom. The Morgan fingerprint density at radius 1 is 1.78 bits per heavy atom. The highest BCUT2D eigenvalue weighted by molar-refractivity contribution is 7.15. The standard InChI is InChI=1S/C6H8N2S/c1-3-5-6(7)9-4(2)8-5/h3H,1,7H2,2H3. The molecule has 1 aromatic rings. The van der Waals surface area contributed by atoms with E-state index in [1.54, 1.807) is 6.08 Å². The molecule has 1 aromatic heterocycles. The van der Waals surface area contributed by atoms with Crippen LogP contribution in [0.25, 0.3) is 6.08 Å². The van der Waals surface area contributed by atoms with Crippen LogP contribution in [0.2, 0.25) is 0 Å². The van der Waals surface area contributed by atoms with Gasteiger partial charge < -0.3 is 5.73 Å². The minimum absolute atomic E-state index is 0.752. The van der Waals surface area contributed by atoms with Crippen molar-refractivity contribution in [3.8, 4) is 0 Å². The summed E-state index contributed by atoms with van der Waals surface area (Å²) in [6.07, 6.45) is 1.67. The number of rotatable bonds is 1. The molecule has 0 aromatic carbocycles. The van der Waals surface area contributed by atoms with Gasteiger partial charge in [0.25, 0.3) is 0 Å². The molecule has 0 spiro atoms. The Morgan fingerprint density at radius 3 is 2.67 bits per heavy atom. The SMILES string of the molecule is C=Cc1nc(C)sc1N. The minimum atomic E-state index is 0.752. The van der Waals surface area contributed by atoms with E-state index in [9.17, 15) is 0 Å². The second-order valence-corrected chi connectivity index (χ2v) is 2.92. The first kappa shape index (κ1) is 6.29. The van der Waals surface area contributed by atoms with Crippen LogP contribution in [0.5, 0.6) is 0 Å². The molecule has 3 heteroatoms. The van der Waals surface area contributed by atoms with Gasteiger partial charge in [0.1, 0.15) is 5.00 Å². The zero-order valence-electron chi connectivity index (χ0n) is 5.22. The molecular formula is C6H8N2S. The molecule has 2 N–H and O–H groups in total. The van der Waals surface area contributed by atoms with Gasteiger partial charge in [0.15, 0.2) is 0 Å². The number of aromatic nitrogens is 1. The molecule has 2 nitrogen and oxygen atoms in total. The lowest BCUT2D eigenvalue weighted by atomic mass is 10.4. The average Bonchev–Trinajstić information content (AvgIpc) is 2.10. The molecule has 0 saturated carbocycles. The number of hydrogen-bond acceptors (Lipinski definition) is 3. The van der Waals surface area contributed by atoms with E-state index in [1.807, 2.05) is 6.92 Å². The molecule has 48 valence electrons. The summed E-state index contributed by atoms with van der Waals surface area (Å²) in [5.74, 6) is 0. The number of anilines is 1. The summed E-state index contributed by atoms with van der Waals surface area (Å²) in [5, 5.41) is 1.74. The lowest BCUT2D eigenvalue weighted by Crippen LogP contribution is -1.81. The van der Waals surface area contributed by atoms with Gasteiger partial charge in [-0.3, -0.25) is 0 Å². The summed E-state index contributed by atoms with van der Waals surface area (Å²) in [6.45, 7) is 5.49. The van der Waals surface area contributed by atoms with E-state index >= 15 is 0 Å². The number of aryl methyl sites for hydroxylation is 1. The summed E-state index contributed by atoms with van der Waals surface area (Å²) < 4.78 is 0. The first-order valence-electron chi connectivity index (χ1n) is 2.59. The third-order valence-corrected chi connectivity index (χ3v) is 1.80. The van der Waals surface area contributed by atoms with E-state index in [-0.39, 0.29) is 0 Å². The Balaban J connectivity index is 3.15. The van der Waals surface area contributed by atoms with Crippen molar-refractivity contribution < 1.29 is 0 Å². The maximum Gasteiger partial charge on any atom is 0.114 e. The fourth-order valence-electron chi connectivity index (χ4n) is 0.605. The highest BCUT2D eigenvalue weighted by Crippen LogP contribution is 2.20. The molecular weight excluding hydrogens is 132 g/mol. The molecule has 0 aliphatic heterocycles. The Bertz CT molecular complexity index is 227. The maximum absolute atomic E-state index is 5.54. The predicted octanol–water partition coefficient (Wildman–Crippen LogP) is 1.68. The highest BCUT2D eigenvalue weighted by atomic mass is 32.1. The summed E-state index contributed by atoms with van der Waals surface area (Å²) in [5.41, 5.74) is 6.34. The Kier molecular flexibility index (Phi) is 1.53. The van der Waals surface area contributed by atoms with Crippen molar-refractivity contribution in [2.24, 2.45) is 0 Å². The lowest BCUT2D eigenvalue weighted by Gasteiger charge is -1.81. The van der Waals surface area contributed by atoms with E-state index in [0.717, 1.165) is 15.7 Å². The third-order valence-electron chi connectivity index (χ3n) is 0.981. The van der Waals surface area contributed by atoms with Gasteiger partial charge in [0, 0.05) is 0 Å².